The van der Waals surface area contributed by atoms with Crippen molar-refractivity contribution in [2.45, 2.75) is 47.1 Å². The molecule has 0 atom stereocenters. The third-order valence-corrected chi connectivity index (χ3v) is 2.47. The molecule has 1 aromatic heterocycles. The number of halogens is 1. The predicted molar refractivity (Wildman–Crippen MR) is 66.0 cm³/mol. The van der Waals surface area contributed by atoms with E-state index in [0.29, 0.717) is 17.1 Å². The minimum absolute atomic E-state index is 0.0352. The van der Waals surface area contributed by atoms with Crippen molar-refractivity contribution in [2.24, 2.45) is 5.41 Å². The van der Waals surface area contributed by atoms with Gasteiger partial charge in [0.15, 0.2) is 5.78 Å². The first kappa shape index (κ1) is 13.2. The zero-order valence-corrected chi connectivity index (χ0v) is 11.3. The fourth-order valence-electron chi connectivity index (χ4n) is 1.56. The van der Waals surface area contributed by atoms with E-state index >= 15 is 0 Å². The van der Waals surface area contributed by atoms with Crippen molar-refractivity contribution in [2.75, 3.05) is 0 Å². The molecule has 0 unspecified atom stereocenters. The van der Waals surface area contributed by atoms with Gasteiger partial charge in [-0.1, -0.05) is 32.4 Å². The van der Waals surface area contributed by atoms with Crippen LogP contribution >= 0.6 is 11.6 Å². The summed E-state index contributed by atoms with van der Waals surface area (Å²) in [6, 6.07) is 0.145. The Morgan fingerprint density at radius 2 is 2.06 bits per heavy atom. The Balaban J connectivity index is 3.03. The first-order valence-electron chi connectivity index (χ1n) is 5.48. The van der Waals surface area contributed by atoms with E-state index in [-0.39, 0.29) is 17.2 Å². The largest absolute Gasteiger partial charge is 0.292 e. The van der Waals surface area contributed by atoms with Gasteiger partial charge in [0.25, 0.3) is 0 Å². The van der Waals surface area contributed by atoms with Crippen molar-refractivity contribution in [1.82, 2.24) is 9.78 Å². The second-order valence-electron chi connectivity index (χ2n) is 5.54. The van der Waals surface area contributed by atoms with Crippen LogP contribution in [-0.4, -0.2) is 15.6 Å². The highest BCUT2D eigenvalue weighted by Gasteiger charge is 2.23. The number of carbonyl (C=O) groups is 1. The summed E-state index contributed by atoms with van der Waals surface area (Å²) in [7, 11) is 0. The molecule has 0 aliphatic heterocycles. The molecule has 0 aliphatic carbocycles. The molecule has 0 spiro atoms. The van der Waals surface area contributed by atoms with E-state index in [9.17, 15) is 4.79 Å². The average molecular weight is 243 g/mol. The molecule has 0 N–H and O–H groups in total. The van der Waals surface area contributed by atoms with Gasteiger partial charge >= 0.3 is 0 Å². The second kappa shape index (κ2) is 4.58. The van der Waals surface area contributed by atoms with E-state index in [4.69, 9.17) is 11.6 Å². The fraction of sp³-hybridized carbons (Fsp3) is 0.667. The van der Waals surface area contributed by atoms with Crippen molar-refractivity contribution in [1.29, 1.82) is 0 Å². The van der Waals surface area contributed by atoms with Gasteiger partial charge in [0, 0.05) is 12.5 Å². The van der Waals surface area contributed by atoms with Gasteiger partial charge < -0.3 is 0 Å². The van der Waals surface area contributed by atoms with Crippen LogP contribution in [0.4, 0.5) is 0 Å². The Kier molecular flexibility index (Phi) is 3.79. The predicted octanol–water partition coefficient (Wildman–Crippen LogP) is 3.74. The van der Waals surface area contributed by atoms with Crippen LogP contribution in [0.25, 0.3) is 0 Å². The Labute approximate surface area is 102 Å². The highest BCUT2D eigenvalue weighted by Crippen LogP contribution is 2.26. The maximum atomic E-state index is 12.1. The fourth-order valence-corrected chi connectivity index (χ4v) is 1.79. The lowest BCUT2D eigenvalue weighted by Crippen LogP contribution is -2.18. The summed E-state index contributed by atoms with van der Waals surface area (Å²) in [5.74, 6) is 0.0590. The first-order chi connectivity index (χ1) is 7.22. The Morgan fingerprint density at radius 3 is 2.50 bits per heavy atom. The highest BCUT2D eigenvalue weighted by molar-refractivity contribution is 6.33. The van der Waals surface area contributed by atoms with E-state index in [1.165, 1.54) is 6.20 Å². The Morgan fingerprint density at radius 1 is 1.50 bits per heavy atom. The third-order valence-electron chi connectivity index (χ3n) is 2.19. The van der Waals surface area contributed by atoms with Crippen LogP contribution in [0.1, 0.15) is 57.6 Å². The molecule has 1 rings (SSSR count). The van der Waals surface area contributed by atoms with Gasteiger partial charge in [-0.15, -0.1) is 0 Å². The molecule has 16 heavy (non-hydrogen) atoms. The second-order valence-corrected chi connectivity index (χ2v) is 5.95. The van der Waals surface area contributed by atoms with Crippen molar-refractivity contribution in [3.8, 4) is 0 Å². The van der Waals surface area contributed by atoms with Gasteiger partial charge in [0.1, 0.15) is 5.69 Å². The van der Waals surface area contributed by atoms with E-state index in [0.717, 1.165) is 0 Å². The summed E-state index contributed by atoms with van der Waals surface area (Å²) in [6.07, 6.45) is 2.02. The first-order valence-corrected chi connectivity index (χ1v) is 5.86. The zero-order chi connectivity index (χ0) is 12.5. The van der Waals surface area contributed by atoms with Gasteiger partial charge in [-0.25, -0.2) is 0 Å². The van der Waals surface area contributed by atoms with E-state index in [1.54, 1.807) is 4.68 Å². The maximum Gasteiger partial charge on any atom is 0.182 e. The Hall–Kier alpha value is -0.830. The number of nitrogens with zero attached hydrogens (tertiary/aromatic N) is 2. The molecule has 0 radical (unpaired) electrons. The molecular formula is C12H19ClN2O. The molecule has 1 heterocycles. The summed E-state index contributed by atoms with van der Waals surface area (Å²) >= 11 is 6.01. The van der Waals surface area contributed by atoms with Crippen LogP contribution in [0.3, 0.4) is 0 Å². The number of rotatable bonds is 3. The molecule has 90 valence electrons. The SMILES string of the molecule is CC(C)n1ncc(Cl)c1C(=O)CC(C)(C)C. The lowest BCUT2D eigenvalue weighted by molar-refractivity contribution is 0.0927. The molecule has 0 saturated heterocycles. The molecular weight excluding hydrogens is 224 g/mol. The molecule has 0 amide bonds. The van der Waals surface area contributed by atoms with Gasteiger partial charge in [-0.2, -0.15) is 5.10 Å². The van der Waals surface area contributed by atoms with Crippen molar-refractivity contribution in [3.63, 3.8) is 0 Å². The molecule has 0 bridgehead atoms. The van der Waals surface area contributed by atoms with Gasteiger partial charge in [-0.3, -0.25) is 9.48 Å². The highest BCUT2D eigenvalue weighted by atomic mass is 35.5. The molecule has 0 aromatic carbocycles. The van der Waals surface area contributed by atoms with Gasteiger partial charge in [-0.05, 0) is 19.3 Å². The smallest absolute Gasteiger partial charge is 0.182 e. The molecule has 0 saturated carbocycles. The van der Waals surface area contributed by atoms with E-state index in [1.807, 2.05) is 34.6 Å². The Bertz CT molecular complexity index is 388. The van der Waals surface area contributed by atoms with Crippen LogP contribution < -0.4 is 0 Å². The zero-order valence-electron chi connectivity index (χ0n) is 10.5. The average Bonchev–Trinajstić information content (AvgIpc) is 2.43. The van der Waals surface area contributed by atoms with Crippen molar-refractivity contribution >= 4 is 17.4 Å². The normalized spacial score (nSPS) is 12.2. The number of ketones is 1. The minimum Gasteiger partial charge on any atom is -0.292 e. The topological polar surface area (TPSA) is 34.9 Å². The van der Waals surface area contributed by atoms with Crippen LogP contribution in [0.5, 0.6) is 0 Å². The van der Waals surface area contributed by atoms with Gasteiger partial charge in [0.05, 0.1) is 11.2 Å². The molecule has 3 nitrogen and oxygen atoms in total. The molecule has 0 fully saturated rings. The minimum atomic E-state index is -0.0352. The standard InChI is InChI=1S/C12H19ClN2O/c1-8(2)15-11(9(13)7-14-15)10(16)6-12(3,4)5/h7-8H,6H2,1-5H3. The van der Waals surface area contributed by atoms with E-state index in [2.05, 4.69) is 5.10 Å². The number of carbonyl (C=O) groups excluding carboxylic acids is 1. The van der Waals surface area contributed by atoms with Crippen LogP contribution in [0.15, 0.2) is 6.20 Å². The summed E-state index contributed by atoms with van der Waals surface area (Å²) in [5.41, 5.74) is 0.499. The number of hydrogen-bond donors (Lipinski definition) is 0. The maximum absolute atomic E-state index is 12.1. The molecule has 0 aliphatic rings. The summed E-state index contributed by atoms with van der Waals surface area (Å²) in [6.45, 7) is 10.1. The number of hydrogen-bond acceptors (Lipinski definition) is 2. The molecule has 4 heteroatoms. The van der Waals surface area contributed by atoms with Gasteiger partial charge in [0.2, 0.25) is 0 Å². The monoisotopic (exact) mass is 242 g/mol. The summed E-state index contributed by atoms with van der Waals surface area (Å²) in [5, 5.41) is 4.58. The quantitative estimate of drug-likeness (QED) is 0.757. The lowest BCUT2D eigenvalue weighted by atomic mass is 9.89. The van der Waals surface area contributed by atoms with E-state index < -0.39 is 0 Å². The lowest BCUT2D eigenvalue weighted by Gasteiger charge is -2.18. The summed E-state index contributed by atoms with van der Waals surface area (Å²) < 4.78 is 1.69. The molecule has 1 aromatic rings. The summed E-state index contributed by atoms with van der Waals surface area (Å²) in [4.78, 5) is 12.1. The van der Waals surface area contributed by atoms with Crippen LogP contribution in [0.2, 0.25) is 5.02 Å². The van der Waals surface area contributed by atoms with Crippen molar-refractivity contribution in [3.05, 3.63) is 16.9 Å². The van der Waals surface area contributed by atoms with Crippen LogP contribution in [0, 0.1) is 5.41 Å². The number of aromatic nitrogens is 2. The number of Topliss-reactive ketones (excluding diaryl/α,β-unsaturated/α-hetero) is 1. The van der Waals surface area contributed by atoms with Crippen LogP contribution in [-0.2, 0) is 0 Å². The third kappa shape index (κ3) is 3.08. The van der Waals surface area contributed by atoms with Crippen molar-refractivity contribution < 1.29 is 4.79 Å².